The normalized spacial score (nSPS) is 21.3. The monoisotopic (exact) mass is 395 g/mol. The van der Waals surface area contributed by atoms with Crippen LogP contribution in [0.4, 0.5) is 0 Å². The maximum atomic E-state index is 12.6. The summed E-state index contributed by atoms with van der Waals surface area (Å²) in [5.74, 6) is 0.720. The lowest BCUT2D eigenvalue weighted by Gasteiger charge is -2.35. The maximum Gasteiger partial charge on any atom is 0.253 e. The molecule has 2 saturated heterocycles. The van der Waals surface area contributed by atoms with Crippen molar-refractivity contribution in [3.63, 3.8) is 0 Å². The fourth-order valence-electron chi connectivity index (χ4n) is 4.50. The summed E-state index contributed by atoms with van der Waals surface area (Å²) in [7, 11) is 0. The molecule has 4 heterocycles. The van der Waals surface area contributed by atoms with Gasteiger partial charge in [-0.3, -0.25) is 24.0 Å². The van der Waals surface area contributed by atoms with Crippen molar-refractivity contribution in [2.75, 3.05) is 19.6 Å². The number of hydrogen-bond donors (Lipinski definition) is 0. The smallest absolute Gasteiger partial charge is 0.253 e. The first-order valence-corrected chi connectivity index (χ1v) is 10.5. The summed E-state index contributed by atoms with van der Waals surface area (Å²) >= 11 is 0. The number of likely N-dealkylation sites (tertiary alicyclic amines) is 2. The summed E-state index contributed by atoms with van der Waals surface area (Å²) in [5.41, 5.74) is 1.48. The van der Waals surface area contributed by atoms with Crippen LogP contribution in [0.3, 0.4) is 0 Å². The summed E-state index contributed by atoms with van der Waals surface area (Å²) in [4.78, 5) is 38.1. The number of nitrogens with zero attached hydrogens (tertiary/aromatic N) is 5. The lowest BCUT2D eigenvalue weighted by molar-refractivity contribution is -0.134. The SMILES string of the molecule is CC(C)N1CCC(N2CCC(Cn3cnc(-c4cccnc4)cc3=O)CC2)C1=O. The van der Waals surface area contributed by atoms with Gasteiger partial charge < -0.3 is 4.90 Å². The molecular formula is C22H29N5O2. The van der Waals surface area contributed by atoms with Gasteiger partial charge in [-0.15, -0.1) is 0 Å². The van der Waals surface area contributed by atoms with Crippen molar-refractivity contribution in [3.05, 3.63) is 47.3 Å². The lowest BCUT2D eigenvalue weighted by Crippen LogP contribution is -2.47. The van der Waals surface area contributed by atoms with Gasteiger partial charge in [0.05, 0.1) is 18.1 Å². The van der Waals surface area contributed by atoms with Gasteiger partial charge in [0.1, 0.15) is 0 Å². The number of pyridine rings is 1. The van der Waals surface area contributed by atoms with Crippen LogP contribution < -0.4 is 5.56 Å². The molecule has 7 heteroatoms. The predicted octanol–water partition coefficient (Wildman–Crippen LogP) is 2.03. The molecule has 2 aliphatic rings. The summed E-state index contributed by atoms with van der Waals surface area (Å²) in [6.45, 7) is 7.55. The van der Waals surface area contributed by atoms with Gasteiger partial charge in [0, 0.05) is 43.2 Å². The third kappa shape index (κ3) is 4.24. The molecular weight excluding hydrogens is 366 g/mol. The Balaban J connectivity index is 1.34. The molecule has 154 valence electrons. The molecule has 0 saturated carbocycles. The van der Waals surface area contributed by atoms with E-state index < -0.39 is 0 Å². The fourth-order valence-corrected chi connectivity index (χ4v) is 4.50. The second-order valence-electron chi connectivity index (χ2n) is 8.42. The van der Waals surface area contributed by atoms with E-state index in [1.807, 2.05) is 17.0 Å². The molecule has 1 atom stereocenters. The Morgan fingerprint density at radius 2 is 1.93 bits per heavy atom. The van der Waals surface area contributed by atoms with E-state index in [-0.39, 0.29) is 23.6 Å². The first kappa shape index (κ1) is 19.8. The summed E-state index contributed by atoms with van der Waals surface area (Å²) in [5, 5.41) is 0. The number of piperidine rings is 1. The number of aromatic nitrogens is 3. The minimum absolute atomic E-state index is 0.0279. The van der Waals surface area contributed by atoms with Gasteiger partial charge in [-0.25, -0.2) is 4.98 Å². The van der Waals surface area contributed by atoms with E-state index in [1.165, 1.54) is 0 Å². The topological polar surface area (TPSA) is 71.3 Å². The molecule has 29 heavy (non-hydrogen) atoms. The highest BCUT2D eigenvalue weighted by Gasteiger charge is 2.38. The zero-order chi connectivity index (χ0) is 20.4. The molecule has 0 spiro atoms. The minimum atomic E-state index is -0.0279. The highest BCUT2D eigenvalue weighted by molar-refractivity contribution is 5.84. The summed E-state index contributed by atoms with van der Waals surface area (Å²) in [6.07, 6.45) is 8.01. The van der Waals surface area contributed by atoms with Gasteiger partial charge >= 0.3 is 0 Å². The van der Waals surface area contributed by atoms with E-state index in [1.54, 1.807) is 29.4 Å². The summed E-state index contributed by atoms with van der Waals surface area (Å²) in [6, 6.07) is 5.65. The fraction of sp³-hybridized carbons (Fsp3) is 0.545. The van der Waals surface area contributed by atoms with Crippen LogP contribution in [0.1, 0.15) is 33.1 Å². The molecule has 0 bridgehead atoms. The molecule has 1 unspecified atom stereocenters. The Morgan fingerprint density at radius 1 is 1.14 bits per heavy atom. The van der Waals surface area contributed by atoms with Crippen LogP contribution in [0, 0.1) is 5.92 Å². The zero-order valence-corrected chi connectivity index (χ0v) is 17.2. The van der Waals surface area contributed by atoms with Gasteiger partial charge in [0.15, 0.2) is 0 Å². The van der Waals surface area contributed by atoms with Gasteiger partial charge in [-0.1, -0.05) is 0 Å². The van der Waals surface area contributed by atoms with Gasteiger partial charge in [-0.2, -0.15) is 0 Å². The summed E-state index contributed by atoms with van der Waals surface area (Å²) < 4.78 is 1.71. The first-order valence-electron chi connectivity index (χ1n) is 10.5. The van der Waals surface area contributed by atoms with E-state index >= 15 is 0 Å². The second kappa shape index (κ2) is 8.45. The van der Waals surface area contributed by atoms with Crippen molar-refractivity contribution in [2.24, 2.45) is 5.92 Å². The number of carbonyl (C=O) groups excluding carboxylic acids is 1. The lowest BCUT2D eigenvalue weighted by atomic mass is 9.95. The highest BCUT2D eigenvalue weighted by Crippen LogP contribution is 2.26. The van der Waals surface area contributed by atoms with E-state index in [4.69, 9.17) is 0 Å². The molecule has 7 nitrogen and oxygen atoms in total. The molecule has 2 aromatic heterocycles. The van der Waals surface area contributed by atoms with Crippen LogP contribution in [0.25, 0.3) is 11.3 Å². The molecule has 2 aromatic rings. The molecule has 4 rings (SSSR count). The molecule has 0 aliphatic carbocycles. The largest absolute Gasteiger partial charge is 0.339 e. The number of carbonyl (C=O) groups is 1. The Labute approximate surface area is 171 Å². The van der Waals surface area contributed by atoms with Crippen molar-refractivity contribution in [2.45, 2.75) is 51.7 Å². The van der Waals surface area contributed by atoms with Crippen molar-refractivity contribution in [1.82, 2.24) is 24.3 Å². The zero-order valence-electron chi connectivity index (χ0n) is 17.2. The Kier molecular flexibility index (Phi) is 5.76. The Bertz CT molecular complexity index is 903. The first-order chi connectivity index (χ1) is 14.0. The number of rotatable bonds is 5. The standard InChI is InChI=1S/C22H29N5O2/c1-16(2)27-11-7-20(22(27)29)25-9-5-17(6-10-25)14-26-15-24-19(12-21(26)28)18-4-3-8-23-13-18/h3-4,8,12-13,15-17,20H,5-7,9-11,14H2,1-2H3. The van der Waals surface area contributed by atoms with Crippen LogP contribution in [-0.2, 0) is 11.3 Å². The van der Waals surface area contributed by atoms with Crippen LogP contribution in [0.5, 0.6) is 0 Å². The minimum Gasteiger partial charge on any atom is -0.339 e. The molecule has 2 fully saturated rings. The van der Waals surface area contributed by atoms with Crippen LogP contribution in [0.15, 0.2) is 41.7 Å². The Hall–Kier alpha value is -2.54. The van der Waals surface area contributed by atoms with Crippen LogP contribution in [-0.4, -0.2) is 62.0 Å². The average molecular weight is 396 g/mol. The third-order valence-corrected chi connectivity index (χ3v) is 6.22. The van der Waals surface area contributed by atoms with Gasteiger partial charge in [0.2, 0.25) is 5.91 Å². The quantitative estimate of drug-likeness (QED) is 0.775. The van der Waals surface area contributed by atoms with E-state index in [0.717, 1.165) is 44.5 Å². The predicted molar refractivity (Wildman–Crippen MR) is 111 cm³/mol. The maximum absolute atomic E-state index is 12.6. The molecule has 0 N–H and O–H groups in total. The molecule has 1 amide bonds. The van der Waals surface area contributed by atoms with E-state index in [9.17, 15) is 9.59 Å². The van der Waals surface area contributed by atoms with Crippen molar-refractivity contribution < 1.29 is 4.79 Å². The highest BCUT2D eigenvalue weighted by atomic mass is 16.2. The molecule has 2 aliphatic heterocycles. The average Bonchev–Trinajstić information content (AvgIpc) is 3.12. The van der Waals surface area contributed by atoms with Crippen molar-refractivity contribution in [1.29, 1.82) is 0 Å². The number of hydrogen-bond acceptors (Lipinski definition) is 5. The van der Waals surface area contributed by atoms with Crippen molar-refractivity contribution in [3.8, 4) is 11.3 Å². The van der Waals surface area contributed by atoms with Crippen LogP contribution in [0.2, 0.25) is 0 Å². The van der Waals surface area contributed by atoms with Crippen molar-refractivity contribution >= 4 is 5.91 Å². The van der Waals surface area contributed by atoms with Crippen LogP contribution >= 0.6 is 0 Å². The van der Waals surface area contributed by atoms with E-state index in [2.05, 4.69) is 28.7 Å². The Morgan fingerprint density at radius 3 is 2.55 bits per heavy atom. The van der Waals surface area contributed by atoms with Gasteiger partial charge in [-0.05, 0) is 64.3 Å². The number of amides is 1. The second-order valence-corrected chi connectivity index (χ2v) is 8.42. The molecule has 0 aromatic carbocycles. The third-order valence-electron chi connectivity index (χ3n) is 6.22. The molecule has 0 radical (unpaired) electrons. The van der Waals surface area contributed by atoms with Gasteiger partial charge in [0.25, 0.3) is 5.56 Å². The van der Waals surface area contributed by atoms with E-state index in [0.29, 0.717) is 18.2 Å².